The monoisotopic (exact) mass is 215 g/mol. The van der Waals surface area contributed by atoms with Crippen molar-refractivity contribution in [1.82, 2.24) is 5.32 Å². The van der Waals surface area contributed by atoms with E-state index in [0.29, 0.717) is 0 Å². The van der Waals surface area contributed by atoms with E-state index in [-0.39, 0.29) is 6.42 Å². The molecule has 0 spiro atoms. The molecule has 0 amide bonds. The molecule has 1 aromatic carbocycles. The number of hydrogen-bond acceptors (Lipinski definition) is 2. The Hall–Kier alpha value is -1.79. The molecule has 1 aliphatic rings. The Morgan fingerprint density at radius 3 is 3.19 bits per heavy atom. The minimum absolute atomic E-state index is 0.0953. The van der Waals surface area contributed by atoms with Crippen molar-refractivity contribution in [2.45, 2.75) is 19.4 Å². The van der Waals surface area contributed by atoms with Gasteiger partial charge < -0.3 is 10.4 Å². The molecule has 0 unspecified atom stereocenters. The minimum atomic E-state index is -0.876. The number of hydrogen-bond donors (Lipinski definition) is 2. The van der Waals surface area contributed by atoms with Crippen LogP contribution in [0.15, 0.2) is 18.2 Å². The maximum atomic E-state index is 10.4. The van der Waals surface area contributed by atoms with Crippen LogP contribution in [0.5, 0.6) is 0 Å². The van der Waals surface area contributed by atoms with Crippen LogP contribution in [0.3, 0.4) is 0 Å². The van der Waals surface area contributed by atoms with Gasteiger partial charge in [0.2, 0.25) is 0 Å². The highest BCUT2D eigenvalue weighted by Crippen LogP contribution is 2.17. The van der Waals surface area contributed by atoms with Crippen LogP contribution in [0.4, 0.5) is 0 Å². The van der Waals surface area contributed by atoms with Gasteiger partial charge in [-0.3, -0.25) is 4.79 Å². The highest BCUT2D eigenvalue weighted by atomic mass is 16.4. The average molecular weight is 215 g/mol. The van der Waals surface area contributed by atoms with Gasteiger partial charge in [-0.1, -0.05) is 24.0 Å². The van der Waals surface area contributed by atoms with Crippen molar-refractivity contribution in [1.29, 1.82) is 0 Å². The summed E-state index contributed by atoms with van der Waals surface area (Å²) < 4.78 is 0. The van der Waals surface area contributed by atoms with Gasteiger partial charge in [0.1, 0.15) is 6.42 Å². The Kier molecular flexibility index (Phi) is 3.23. The number of aliphatic carboxylic acids is 1. The summed E-state index contributed by atoms with van der Waals surface area (Å²) in [7, 11) is 0. The van der Waals surface area contributed by atoms with Gasteiger partial charge in [-0.05, 0) is 30.2 Å². The summed E-state index contributed by atoms with van der Waals surface area (Å²) in [6.45, 7) is 1.84. The maximum Gasteiger partial charge on any atom is 0.315 e. The standard InChI is InChI=1S/C13H13NO2/c15-13(16)6-2-4-10-3-1-5-11-9-14-8-7-12(10)11/h1,3,5,14H,6-9H2,(H,15,16). The summed E-state index contributed by atoms with van der Waals surface area (Å²) in [6, 6.07) is 6.01. The molecule has 0 radical (unpaired) electrons. The van der Waals surface area contributed by atoms with E-state index < -0.39 is 5.97 Å². The average Bonchev–Trinajstić information content (AvgIpc) is 2.29. The predicted molar refractivity (Wildman–Crippen MR) is 61.0 cm³/mol. The molecule has 2 rings (SSSR count). The number of fused-ring (bicyclic) bond motifs is 1. The predicted octanol–water partition coefficient (Wildman–Crippen LogP) is 1.16. The number of nitrogens with one attached hydrogen (secondary N) is 1. The molecular weight excluding hydrogens is 202 g/mol. The number of benzene rings is 1. The van der Waals surface area contributed by atoms with Gasteiger partial charge in [0.05, 0.1) is 0 Å². The van der Waals surface area contributed by atoms with E-state index in [1.807, 2.05) is 12.1 Å². The highest BCUT2D eigenvalue weighted by molar-refractivity contribution is 5.70. The van der Waals surface area contributed by atoms with E-state index >= 15 is 0 Å². The van der Waals surface area contributed by atoms with Crippen molar-refractivity contribution in [3.05, 3.63) is 34.9 Å². The lowest BCUT2D eigenvalue weighted by molar-refractivity contribution is -0.135. The SMILES string of the molecule is O=C(O)CC#Cc1cccc2c1CCNC2. The van der Waals surface area contributed by atoms with E-state index in [1.54, 1.807) is 0 Å². The summed E-state index contributed by atoms with van der Waals surface area (Å²) in [5.41, 5.74) is 3.51. The topological polar surface area (TPSA) is 49.3 Å². The normalized spacial score (nSPS) is 13.5. The molecule has 0 aromatic heterocycles. The summed E-state index contributed by atoms with van der Waals surface area (Å²) in [5, 5.41) is 11.8. The molecular formula is C13H13NO2. The van der Waals surface area contributed by atoms with Crippen molar-refractivity contribution in [3.63, 3.8) is 0 Å². The molecule has 1 heterocycles. The molecule has 0 saturated heterocycles. The fourth-order valence-electron chi connectivity index (χ4n) is 1.86. The van der Waals surface area contributed by atoms with Crippen LogP contribution in [0.25, 0.3) is 0 Å². The Balaban J connectivity index is 2.26. The van der Waals surface area contributed by atoms with Gasteiger partial charge in [0.15, 0.2) is 0 Å². The van der Waals surface area contributed by atoms with Gasteiger partial charge >= 0.3 is 5.97 Å². The summed E-state index contributed by atoms with van der Waals surface area (Å²) in [6.07, 6.45) is 0.870. The van der Waals surface area contributed by atoms with Crippen molar-refractivity contribution in [3.8, 4) is 11.8 Å². The largest absolute Gasteiger partial charge is 0.481 e. The Bertz CT molecular complexity index is 469. The second-order valence-electron chi connectivity index (χ2n) is 3.74. The lowest BCUT2D eigenvalue weighted by Gasteiger charge is -2.18. The fraction of sp³-hybridized carbons (Fsp3) is 0.308. The molecule has 3 nitrogen and oxygen atoms in total. The van der Waals surface area contributed by atoms with Crippen molar-refractivity contribution >= 4 is 5.97 Å². The maximum absolute atomic E-state index is 10.4. The van der Waals surface area contributed by atoms with Crippen LogP contribution in [-0.4, -0.2) is 17.6 Å². The van der Waals surface area contributed by atoms with Crippen molar-refractivity contribution < 1.29 is 9.90 Å². The molecule has 1 aliphatic heterocycles. The Morgan fingerprint density at radius 1 is 1.50 bits per heavy atom. The Labute approximate surface area is 94.5 Å². The quantitative estimate of drug-likeness (QED) is 0.691. The van der Waals surface area contributed by atoms with Crippen LogP contribution in [0.1, 0.15) is 23.1 Å². The lowest BCUT2D eigenvalue weighted by atomic mass is 9.96. The molecule has 0 aliphatic carbocycles. The smallest absolute Gasteiger partial charge is 0.315 e. The van der Waals surface area contributed by atoms with Gasteiger partial charge in [-0.2, -0.15) is 0 Å². The van der Waals surface area contributed by atoms with Crippen molar-refractivity contribution in [2.75, 3.05) is 6.54 Å². The third-order valence-electron chi connectivity index (χ3n) is 2.60. The third kappa shape index (κ3) is 2.41. The second-order valence-corrected chi connectivity index (χ2v) is 3.74. The van der Waals surface area contributed by atoms with Gasteiger partial charge in [0, 0.05) is 12.1 Å². The summed E-state index contributed by atoms with van der Waals surface area (Å²) in [5.74, 6) is 4.75. The molecule has 1 aromatic rings. The first-order valence-electron chi connectivity index (χ1n) is 5.29. The first kappa shape index (κ1) is 10.7. The molecule has 16 heavy (non-hydrogen) atoms. The van der Waals surface area contributed by atoms with E-state index in [4.69, 9.17) is 5.11 Å². The van der Waals surface area contributed by atoms with Crippen LogP contribution in [0, 0.1) is 11.8 Å². The highest BCUT2D eigenvalue weighted by Gasteiger charge is 2.10. The van der Waals surface area contributed by atoms with E-state index in [1.165, 1.54) is 11.1 Å². The Morgan fingerprint density at radius 2 is 2.38 bits per heavy atom. The third-order valence-corrected chi connectivity index (χ3v) is 2.60. The van der Waals surface area contributed by atoms with Crippen LogP contribution >= 0.6 is 0 Å². The van der Waals surface area contributed by atoms with Gasteiger partial charge in [-0.15, -0.1) is 0 Å². The van der Waals surface area contributed by atoms with Crippen LogP contribution in [0.2, 0.25) is 0 Å². The molecule has 3 heteroatoms. The first-order chi connectivity index (χ1) is 7.77. The zero-order valence-corrected chi connectivity index (χ0v) is 8.92. The second kappa shape index (κ2) is 4.82. The fourth-order valence-corrected chi connectivity index (χ4v) is 1.86. The van der Waals surface area contributed by atoms with E-state index in [0.717, 1.165) is 25.1 Å². The molecule has 0 fully saturated rings. The summed E-state index contributed by atoms with van der Waals surface area (Å²) in [4.78, 5) is 10.4. The number of rotatable bonds is 1. The number of carboxylic acids is 1. The molecule has 0 atom stereocenters. The molecule has 82 valence electrons. The first-order valence-corrected chi connectivity index (χ1v) is 5.29. The number of carboxylic acid groups (broad SMARTS) is 1. The van der Waals surface area contributed by atoms with Crippen molar-refractivity contribution in [2.24, 2.45) is 0 Å². The number of carbonyl (C=O) groups is 1. The van der Waals surface area contributed by atoms with Crippen LogP contribution < -0.4 is 5.32 Å². The zero-order valence-electron chi connectivity index (χ0n) is 8.92. The van der Waals surface area contributed by atoms with E-state index in [2.05, 4.69) is 23.2 Å². The molecule has 0 bridgehead atoms. The molecule has 0 saturated carbocycles. The zero-order chi connectivity index (χ0) is 11.4. The minimum Gasteiger partial charge on any atom is -0.481 e. The van der Waals surface area contributed by atoms with Gasteiger partial charge in [-0.25, -0.2) is 0 Å². The van der Waals surface area contributed by atoms with E-state index in [9.17, 15) is 4.79 Å². The van der Waals surface area contributed by atoms with Crippen LogP contribution in [-0.2, 0) is 17.8 Å². The summed E-state index contributed by atoms with van der Waals surface area (Å²) >= 11 is 0. The van der Waals surface area contributed by atoms with Gasteiger partial charge in [0.25, 0.3) is 0 Å². The molecule has 2 N–H and O–H groups in total. The lowest BCUT2D eigenvalue weighted by Crippen LogP contribution is -2.24.